The Balaban J connectivity index is 2.18. The van der Waals surface area contributed by atoms with Crippen molar-refractivity contribution in [3.8, 4) is 5.75 Å². The summed E-state index contributed by atoms with van der Waals surface area (Å²) < 4.78 is 50.5. The van der Waals surface area contributed by atoms with Gasteiger partial charge in [-0.2, -0.15) is 18.3 Å². The Morgan fingerprint density at radius 3 is 2.33 bits per heavy atom. The number of rotatable bonds is 5. The maximum atomic E-state index is 13.0. The number of hydrogen-bond donors (Lipinski definition) is 1. The summed E-state index contributed by atoms with van der Waals surface area (Å²) in [6.45, 7) is 5.06. The van der Waals surface area contributed by atoms with Crippen LogP contribution in [-0.4, -0.2) is 28.6 Å². The van der Waals surface area contributed by atoms with Gasteiger partial charge in [0.05, 0.1) is 25.9 Å². The Hall–Kier alpha value is -2.71. The molecule has 0 unspecified atom stereocenters. The number of ether oxygens (including phenoxy) is 2. The summed E-state index contributed by atoms with van der Waals surface area (Å²) in [6, 6.07) is 7.81. The second-order valence-corrected chi connectivity index (χ2v) is 6.88. The standard InChI is InChI=1S/C18H22F3N3O3/c1-17(2,3)27-16(25)22-10-13-9-15(18(19,20)21)23-24(13)11-12-5-7-14(26-4)8-6-12/h5-9H,10-11H2,1-4H3,(H,22,25). The maximum absolute atomic E-state index is 13.0. The first-order valence-electron chi connectivity index (χ1n) is 8.21. The summed E-state index contributed by atoms with van der Waals surface area (Å²) in [7, 11) is 1.53. The van der Waals surface area contributed by atoms with Gasteiger partial charge in [-0.15, -0.1) is 0 Å². The molecule has 0 aliphatic heterocycles. The highest BCUT2D eigenvalue weighted by Crippen LogP contribution is 2.29. The van der Waals surface area contributed by atoms with Crippen LogP contribution in [0, 0.1) is 0 Å². The number of aromatic nitrogens is 2. The van der Waals surface area contributed by atoms with E-state index in [4.69, 9.17) is 9.47 Å². The Morgan fingerprint density at radius 1 is 1.19 bits per heavy atom. The number of methoxy groups -OCH3 is 1. The molecule has 0 saturated carbocycles. The van der Waals surface area contributed by atoms with Crippen LogP contribution in [0.5, 0.6) is 5.75 Å². The predicted octanol–water partition coefficient (Wildman–Crippen LogP) is 3.98. The Labute approximate surface area is 155 Å². The fraction of sp³-hybridized carbons (Fsp3) is 0.444. The minimum Gasteiger partial charge on any atom is -0.497 e. The number of amides is 1. The van der Waals surface area contributed by atoms with E-state index in [0.29, 0.717) is 5.75 Å². The van der Waals surface area contributed by atoms with Gasteiger partial charge in [0.25, 0.3) is 0 Å². The zero-order valence-electron chi connectivity index (χ0n) is 15.6. The van der Waals surface area contributed by atoms with Crippen molar-refractivity contribution in [2.75, 3.05) is 7.11 Å². The van der Waals surface area contributed by atoms with Gasteiger partial charge >= 0.3 is 12.3 Å². The van der Waals surface area contributed by atoms with Gasteiger partial charge in [-0.1, -0.05) is 12.1 Å². The van der Waals surface area contributed by atoms with Crippen molar-refractivity contribution in [1.82, 2.24) is 15.1 Å². The molecule has 0 fully saturated rings. The van der Waals surface area contributed by atoms with Crippen LogP contribution in [0.2, 0.25) is 0 Å². The summed E-state index contributed by atoms with van der Waals surface area (Å²) in [5, 5.41) is 6.10. The molecule has 1 N–H and O–H groups in total. The van der Waals surface area contributed by atoms with Crippen LogP contribution in [0.1, 0.15) is 37.7 Å². The molecule has 27 heavy (non-hydrogen) atoms. The molecule has 2 aromatic rings. The summed E-state index contributed by atoms with van der Waals surface area (Å²) >= 11 is 0. The molecule has 0 radical (unpaired) electrons. The lowest BCUT2D eigenvalue weighted by Crippen LogP contribution is -2.32. The van der Waals surface area contributed by atoms with E-state index in [1.165, 1.54) is 11.8 Å². The second kappa shape index (κ2) is 7.89. The molecule has 0 aliphatic carbocycles. The lowest BCUT2D eigenvalue weighted by molar-refractivity contribution is -0.141. The van der Waals surface area contributed by atoms with Gasteiger partial charge in [-0.05, 0) is 44.5 Å². The molecule has 0 bridgehead atoms. The Bertz CT molecular complexity index is 778. The average molecular weight is 385 g/mol. The van der Waals surface area contributed by atoms with Gasteiger partial charge in [-0.25, -0.2) is 4.79 Å². The van der Waals surface area contributed by atoms with Crippen molar-refractivity contribution in [2.45, 2.75) is 45.6 Å². The fourth-order valence-corrected chi connectivity index (χ4v) is 2.25. The zero-order chi connectivity index (χ0) is 20.2. The summed E-state index contributed by atoms with van der Waals surface area (Å²) in [6.07, 6.45) is -5.29. The van der Waals surface area contributed by atoms with E-state index in [0.717, 1.165) is 11.6 Å². The Morgan fingerprint density at radius 2 is 1.81 bits per heavy atom. The van der Waals surface area contributed by atoms with Gasteiger partial charge in [0, 0.05) is 0 Å². The molecule has 6 nitrogen and oxygen atoms in total. The lowest BCUT2D eigenvalue weighted by Gasteiger charge is -2.19. The molecule has 0 saturated heterocycles. The van der Waals surface area contributed by atoms with Gasteiger partial charge in [0.1, 0.15) is 11.4 Å². The van der Waals surface area contributed by atoms with E-state index in [9.17, 15) is 18.0 Å². The molecule has 2 rings (SSSR count). The molecule has 148 valence electrons. The molecule has 9 heteroatoms. The maximum Gasteiger partial charge on any atom is 0.435 e. The Kier molecular flexibility index (Phi) is 6.02. The summed E-state index contributed by atoms with van der Waals surface area (Å²) in [4.78, 5) is 11.8. The first-order valence-corrected chi connectivity index (χ1v) is 8.21. The number of alkyl carbamates (subject to hydrolysis) is 1. The van der Waals surface area contributed by atoms with Crippen LogP contribution in [0.3, 0.4) is 0 Å². The second-order valence-electron chi connectivity index (χ2n) is 6.88. The van der Waals surface area contributed by atoms with Crippen molar-refractivity contribution in [3.05, 3.63) is 47.3 Å². The molecule has 0 spiro atoms. The van der Waals surface area contributed by atoms with Crippen LogP contribution in [0.4, 0.5) is 18.0 Å². The molecule has 0 aliphatic rings. The summed E-state index contributed by atoms with van der Waals surface area (Å²) in [5.41, 5.74) is -0.767. The van der Waals surface area contributed by atoms with E-state index < -0.39 is 23.6 Å². The molecular formula is C18H22F3N3O3. The number of benzene rings is 1. The largest absolute Gasteiger partial charge is 0.497 e. The van der Waals surface area contributed by atoms with Crippen LogP contribution in [0.25, 0.3) is 0 Å². The average Bonchev–Trinajstić information content (AvgIpc) is 2.95. The predicted molar refractivity (Wildman–Crippen MR) is 92.4 cm³/mol. The zero-order valence-corrected chi connectivity index (χ0v) is 15.6. The molecule has 1 amide bonds. The number of halogens is 3. The molecule has 1 heterocycles. The van der Waals surface area contributed by atoms with Gasteiger partial charge < -0.3 is 14.8 Å². The van der Waals surface area contributed by atoms with Gasteiger partial charge in [0.15, 0.2) is 5.69 Å². The topological polar surface area (TPSA) is 65.4 Å². The van der Waals surface area contributed by atoms with Crippen LogP contribution < -0.4 is 10.1 Å². The van der Waals surface area contributed by atoms with E-state index in [1.54, 1.807) is 45.0 Å². The normalized spacial score (nSPS) is 12.0. The number of carbonyl (C=O) groups excluding carboxylic acids is 1. The molecular weight excluding hydrogens is 363 g/mol. The first-order chi connectivity index (χ1) is 12.5. The third-order valence-electron chi connectivity index (χ3n) is 3.46. The van der Waals surface area contributed by atoms with Crippen molar-refractivity contribution >= 4 is 6.09 Å². The van der Waals surface area contributed by atoms with Crippen molar-refractivity contribution < 1.29 is 27.4 Å². The number of alkyl halides is 3. The molecule has 1 aromatic carbocycles. The number of carbonyl (C=O) groups is 1. The summed E-state index contributed by atoms with van der Waals surface area (Å²) in [5.74, 6) is 0.641. The highest BCUT2D eigenvalue weighted by Gasteiger charge is 2.35. The SMILES string of the molecule is COc1ccc(Cn2nc(C(F)(F)F)cc2CNC(=O)OC(C)(C)C)cc1. The number of nitrogens with zero attached hydrogens (tertiary/aromatic N) is 2. The quantitative estimate of drug-likeness (QED) is 0.846. The van der Waals surface area contributed by atoms with Crippen LogP contribution in [0.15, 0.2) is 30.3 Å². The van der Waals surface area contributed by atoms with Crippen molar-refractivity contribution in [1.29, 1.82) is 0 Å². The van der Waals surface area contributed by atoms with Gasteiger partial charge in [0.2, 0.25) is 0 Å². The monoisotopic (exact) mass is 385 g/mol. The first kappa shape index (κ1) is 20.6. The smallest absolute Gasteiger partial charge is 0.435 e. The van der Waals surface area contributed by atoms with E-state index in [2.05, 4.69) is 10.4 Å². The van der Waals surface area contributed by atoms with Crippen molar-refractivity contribution in [3.63, 3.8) is 0 Å². The number of nitrogens with one attached hydrogen (secondary N) is 1. The third kappa shape index (κ3) is 6.19. The number of hydrogen-bond acceptors (Lipinski definition) is 4. The third-order valence-corrected chi connectivity index (χ3v) is 3.46. The van der Waals surface area contributed by atoms with Crippen molar-refractivity contribution in [2.24, 2.45) is 0 Å². The minimum absolute atomic E-state index is 0.116. The highest BCUT2D eigenvalue weighted by molar-refractivity contribution is 5.67. The minimum atomic E-state index is -4.58. The van der Waals surface area contributed by atoms with E-state index >= 15 is 0 Å². The van der Waals surface area contributed by atoms with Crippen LogP contribution in [-0.2, 0) is 24.0 Å². The molecule has 0 atom stereocenters. The van der Waals surface area contributed by atoms with E-state index in [1.807, 2.05) is 0 Å². The molecule has 1 aromatic heterocycles. The highest BCUT2D eigenvalue weighted by atomic mass is 19.4. The van der Waals surface area contributed by atoms with Gasteiger partial charge in [-0.3, -0.25) is 4.68 Å². The fourth-order valence-electron chi connectivity index (χ4n) is 2.25. The van der Waals surface area contributed by atoms with Crippen LogP contribution >= 0.6 is 0 Å². The lowest BCUT2D eigenvalue weighted by atomic mass is 10.2. The van der Waals surface area contributed by atoms with E-state index in [-0.39, 0.29) is 18.8 Å².